The maximum absolute atomic E-state index is 12.1. The molecular weight excluding hydrogens is 280 g/mol. The third kappa shape index (κ3) is 3.55. The van der Waals surface area contributed by atoms with Crippen LogP contribution in [0.4, 0.5) is 0 Å². The van der Waals surface area contributed by atoms with Crippen LogP contribution in [0.25, 0.3) is 0 Å². The molecule has 0 spiro atoms. The lowest BCUT2D eigenvalue weighted by Crippen LogP contribution is -2.23. The van der Waals surface area contributed by atoms with Crippen molar-refractivity contribution in [1.82, 2.24) is 10.3 Å². The summed E-state index contributed by atoms with van der Waals surface area (Å²) in [6.07, 6.45) is 0.755. The summed E-state index contributed by atoms with van der Waals surface area (Å²) in [6, 6.07) is 5.42. The SMILES string of the molecule is CCc1cc(C(=O)NCc2sccc2C)cc(Cl)n1. The van der Waals surface area contributed by atoms with Gasteiger partial charge >= 0.3 is 0 Å². The van der Waals surface area contributed by atoms with E-state index in [1.807, 2.05) is 25.3 Å². The Morgan fingerprint density at radius 1 is 1.47 bits per heavy atom. The molecule has 100 valence electrons. The minimum atomic E-state index is -0.119. The Kier molecular flexibility index (Phi) is 4.56. The van der Waals surface area contributed by atoms with E-state index in [9.17, 15) is 4.79 Å². The highest BCUT2D eigenvalue weighted by Crippen LogP contribution is 2.16. The van der Waals surface area contributed by atoms with Gasteiger partial charge in [-0.05, 0) is 42.5 Å². The summed E-state index contributed by atoms with van der Waals surface area (Å²) in [5.41, 5.74) is 2.59. The lowest BCUT2D eigenvalue weighted by atomic mass is 10.2. The molecule has 0 aromatic carbocycles. The van der Waals surface area contributed by atoms with Crippen LogP contribution in [0.2, 0.25) is 5.15 Å². The number of carbonyl (C=O) groups excluding carboxylic acids is 1. The largest absolute Gasteiger partial charge is 0.347 e. The van der Waals surface area contributed by atoms with E-state index < -0.39 is 0 Å². The summed E-state index contributed by atoms with van der Waals surface area (Å²) in [4.78, 5) is 17.4. The fourth-order valence-corrected chi connectivity index (χ4v) is 2.78. The Balaban J connectivity index is 2.08. The first kappa shape index (κ1) is 14.0. The molecule has 0 saturated heterocycles. The van der Waals surface area contributed by atoms with Crippen LogP contribution >= 0.6 is 22.9 Å². The van der Waals surface area contributed by atoms with Gasteiger partial charge in [-0.25, -0.2) is 4.98 Å². The highest BCUT2D eigenvalue weighted by Gasteiger charge is 2.09. The molecule has 0 aliphatic rings. The number of aromatic nitrogens is 1. The molecule has 0 radical (unpaired) electrons. The molecule has 1 N–H and O–H groups in total. The first-order valence-electron chi connectivity index (χ1n) is 6.07. The molecule has 0 saturated carbocycles. The maximum Gasteiger partial charge on any atom is 0.251 e. The van der Waals surface area contributed by atoms with E-state index in [-0.39, 0.29) is 5.91 Å². The van der Waals surface area contributed by atoms with Crippen molar-refractivity contribution >= 4 is 28.8 Å². The average molecular weight is 295 g/mol. The summed E-state index contributed by atoms with van der Waals surface area (Å²) < 4.78 is 0. The highest BCUT2D eigenvalue weighted by molar-refractivity contribution is 7.10. The standard InChI is InChI=1S/C14H15ClN2OS/c1-3-11-6-10(7-13(15)17-11)14(18)16-8-12-9(2)4-5-19-12/h4-7H,3,8H2,1-2H3,(H,16,18). The van der Waals surface area contributed by atoms with Crippen molar-refractivity contribution in [3.63, 3.8) is 0 Å². The van der Waals surface area contributed by atoms with E-state index in [1.165, 1.54) is 10.4 Å². The van der Waals surface area contributed by atoms with Gasteiger partial charge < -0.3 is 5.32 Å². The molecule has 0 unspecified atom stereocenters. The van der Waals surface area contributed by atoms with Gasteiger partial charge in [0, 0.05) is 16.1 Å². The number of nitrogens with one attached hydrogen (secondary N) is 1. The van der Waals surface area contributed by atoms with E-state index in [4.69, 9.17) is 11.6 Å². The van der Waals surface area contributed by atoms with E-state index >= 15 is 0 Å². The molecule has 2 rings (SSSR count). The molecule has 0 fully saturated rings. The Morgan fingerprint density at radius 2 is 2.26 bits per heavy atom. The Labute approximate surface area is 121 Å². The quantitative estimate of drug-likeness (QED) is 0.876. The van der Waals surface area contributed by atoms with Gasteiger partial charge in [0.15, 0.2) is 0 Å². The lowest BCUT2D eigenvalue weighted by Gasteiger charge is -2.06. The normalized spacial score (nSPS) is 10.5. The number of amides is 1. The Morgan fingerprint density at radius 3 is 2.89 bits per heavy atom. The minimum absolute atomic E-state index is 0.119. The van der Waals surface area contributed by atoms with Gasteiger partial charge in [0.05, 0.1) is 6.54 Å². The molecule has 3 nitrogen and oxygen atoms in total. The number of nitrogens with zero attached hydrogens (tertiary/aromatic N) is 1. The van der Waals surface area contributed by atoms with Crippen molar-refractivity contribution < 1.29 is 4.79 Å². The molecule has 0 aliphatic carbocycles. The van der Waals surface area contributed by atoms with Crippen LogP contribution in [0.15, 0.2) is 23.6 Å². The monoisotopic (exact) mass is 294 g/mol. The first-order valence-corrected chi connectivity index (χ1v) is 7.33. The summed E-state index contributed by atoms with van der Waals surface area (Å²) in [5.74, 6) is -0.119. The molecular formula is C14H15ClN2OS. The zero-order valence-corrected chi connectivity index (χ0v) is 12.4. The summed E-state index contributed by atoms with van der Waals surface area (Å²) in [6.45, 7) is 4.57. The van der Waals surface area contributed by atoms with Crippen LogP contribution in [0.3, 0.4) is 0 Å². The van der Waals surface area contributed by atoms with Crippen molar-refractivity contribution in [2.75, 3.05) is 0 Å². The number of aryl methyl sites for hydroxylation is 2. The van der Waals surface area contributed by atoms with Gasteiger partial charge in [0.1, 0.15) is 5.15 Å². The number of rotatable bonds is 4. The molecule has 19 heavy (non-hydrogen) atoms. The minimum Gasteiger partial charge on any atom is -0.347 e. The number of carbonyl (C=O) groups is 1. The highest BCUT2D eigenvalue weighted by atomic mass is 35.5. The maximum atomic E-state index is 12.1. The molecule has 0 bridgehead atoms. The van der Waals surface area contributed by atoms with Gasteiger partial charge in [0.2, 0.25) is 0 Å². The third-order valence-electron chi connectivity index (χ3n) is 2.85. The first-order chi connectivity index (χ1) is 9.10. The van der Waals surface area contributed by atoms with Crippen molar-refractivity contribution in [2.45, 2.75) is 26.8 Å². The van der Waals surface area contributed by atoms with Crippen LogP contribution in [-0.2, 0) is 13.0 Å². The molecule has 1 amide bonds. The number of halogens is 1. The number of hydrogen-bond acceptors (Lipinski definition) is 3. The number of pyridine rings is 1. The zero-order chi connectivity index (χ0) is 13.8. The van der Waals surface area contributed by atoms with Crippen LogP contribution in [0.5, 0.6) is 0 Å². The van der Waals surface area contributed by atoms with E-state index in [0.29, 0.717) is 17.3 Å². The zero-order valence-electron chi connectivity index (χ0n) is 10.9. The van der Waals surface area contributed by atoms with Gasteiger partial charge in [-0.15, -0.1) is 11.3 Å². The van der Waals surface area contributed by atoms with Crippen molar-refractivity contribution in [1.29, 1.82) is 0 Å². The molecule has 0 atom stereocenters. The average Bonchev–Trinajstić information content (AvgIpc) is 2.80. The Bertz CT molecular complexity index is 595. The van der Waals surface area contributed by atoms with E-state index in [2.05, 4.69) is 10.3 Å². The smallest absolute Gasteiger partial charge is 0.251 e. The van der Waals surface area contributed by atoms with Crippen molar-refractivity contribution in [3.8, 4) is 0 Å². The van der Waals surface area contributed by atoms with Crippen LogP contribution in [0.1, 0.15) is 33.4 Å². The second kappa shape index (κ2) is 6.17. The number of hydrogen-bond donors (Lipinski definition) is 1. The predicted octanol–water partition coefficient (Wildman–Crippen LogP) is 3.60. The van der Waals surface area contributed by atoms with Crippen LogP contribution < -0.4 is 5.32 Å². The van der Waals surface area contributed by atoms with Crippen LogP contribution in [-0.4, -0.2) is 10.9 Å². The summed E-state index contributed by atoms with van der Waals surface area (Å²) in [7, 11) is 0. The molecule has 5 heteroatoms. The van der Waals surface area contributed by atoms with Crippen LogP contribution in [0, 0.1) is 6.92 Å². The van der Waals surface area contributed by atoms with Gasteiger partial charge in [-0.2, -0.15) is 0 Å². The van der Waals surface area contributed by atoms with Crippen molar-refractivity contribution in [2.24, 2.45) is 0 Å². The fourth-order valence-electron chi connectivity index (χ4n) is 1.71. The van der Waals surface area contributed by atoms with E-state index in [0.717, 1.165) is 12.1 Å². The number of thiophene rings is 1. The molecule has 2 aromatic rings. The molecule has 2 aromatic heterocycles. The van der Waals surface area contributed by atoms with Crippen molar-refractivity contribution in [3.05, 3.63) is 50.4 Å². The topological polar surface area (TPSA) is 42.0 Å². The summed E-state index contributed by atoms with van der Waals surface area (Å²) >= 11 is 7.55. The Hall–Kier alpha value is -1.39. The second-order valence-corrected chi connectivity index (χ2v) is 5.62. The van der Waals surface area contributed by atoms with Gasteiger partial charge in [-0.1, -0.05) is 18.5 Å². The van der Waals surface area contributed by atoms with E-state index in [1.54, 1.807) is 23.5 Å². The second-order valence-electron chi connectivity index (χ2n) is 4.23. The fraction of sp³-hybridized carbons (Fsp3) is 0.286. The predicted molar refractivity (Wildman–Crippen MR) is 78.9 cm³/mol. The van der Waals surface area contributed by atoms with Gasteiger partial charge in [-0.3, -0.25) is 4.79 Å². The lowest BCUT2D eigenvalue weighted by molar-refractivity contribution is 0.0951. The molecule has 2 heterocycles. The molecule has 0 aliphatic heterocycles. The third-order valence-corrected chi connectivity index (χ3v) is 4.07. The summed E-state index contributed by atoms with van der Waals surface area (Å²) in [5, 5.41) is 5.29. The van der Waals surface area contributed by atoms with Gasteiger partial charge in [0.25, 0.3) is 5.91 Å².